The van der Waals surface area contributed by atoms with Crippen LogP contribution in [0.4, 0.5) is 10.5 Å². The van der Waals surface area contributed by atoms with Crippen LogP contribution in [0.1, 0.15) is 12.8 Å². The Balaban J connectivity index is 1.93. The lowest BCUT2D eigenvalue weighted by Crippen LogP contribution is -2.44. The molecule has 1 unspecified atom stereocenters. The Morgan fingerprint density at radius 2 is 2.11 bits per heavy atom. The molecule has 0 aromatic heterocycles. The van der Waals surface area contributed by atoms with Crippen molar-refractivity contribution in [3.63, 3.8) is 0 Å². The molecule has 1 aromatic carbocycles. The number of rotatable bonds is 2. The van der Waals surface area contributed by atoms with E-state index in [1.807, 2.05) is 12.1 Å². The number of likely N-dealkylation sites (tertiary alicyclic amines) is 1. The van der Waals surface area contributed by atoms with Gasteiger partial charge in [-0.15, -0.1) is 0 Å². The van der Waals surface area contributed by atoms with Crippen LogP contribution in [0.5, 0.6) is 5.75 Å². The van der Waals surface area contributed by atoms with Gasteiger partial charge in [-0.3, -0.25) is 0 Å². The van der Waals surface area contributed by atoms with Crippen molar-refractivity contribution in [3.8, 4) is 5.75 Å². The van der Waals surface area contributed by atoms with Crippen LogP contribution in [0, 0.1) is 0 Å². The van der Waals surface area contributed by atoms with Gasteiger partial charge in [0.2, 0.25) is 0 Å². The summed E-state index contributed by atoms with van der Waals surface area (Å²) in [4.78, 5) is 13.1. The number of amides is 1. The number of hydrogen-bond donors (Lipinski definition) is 1. The summed E-state index contributed by atoms with van der Waals surface area (Å²) in [5, 5.41) is 0. The van der Waals surface area contributed by atoms with Crippen molar-refractivity contribution in [2.75, 3.05) is 25.9 Å². The van der Waals surface area contributed by atoms with E-state index in [0.717, 1.165) is 25.1 Å². The van der Waals surface area contributed by atoms with Crippen molar-refractivity contribution in [1.29, 1.82) is 0 Å². The summed E-state index contributed by atoms with van der Waals surface area (Å²) in [6.45, 7) is 1.30. The first-order valence-corrected chi connectivity index (χ1v) is 6.04. The predicted molar refractivity (Wildman–Crippen MR) is 68.5 cm³/mol. The summed E-state index contributed by atoms with van der Waals surface area (Å²) < 4.78 is 10.5. The lowest BCUT2D eigenvalue weighted by atomic mass is 10.1. The lowest BCUT2D eigenvalue weighted by molar-refractivity contribution is 0.0694. The summed E-state index contributed by atoms with van der Waals surface area (Å²) in [6, 6.07) is 7.28. The number of methoxy groups -OCH3 is 1. The third-order valence-electron chi connectivity index (χ3n) is 2.99. The fourth-order valence-electron chi connectivity index (χ4n) is 2.07. The smallest absolute Gasteiger partial charge is 0.409 e. The van der Waals surface area contributed by atoms with E-state index in [1.165, 1.54) is 7.11 Å². The molecule has 1 atom stereocenters. The van der Waals surface area contributed by atoms with Crippen molar-refractivity contribution in [3.05, 3.63) is 24.3 Å². The highest BCUT2D eigenvalue weighted by Gasteiger charge is 2.25. The third-order valence-corrected chi connectivity index (χ3v) is 2.99. The minimum Gasteiger partial charge on any atom is -0.489 e. The number of benzene rings is 1. The number of carbonyl (C=O) groups is 1. The Kier molecular flexibility index (Phi) is 3.92. The standard InChI is InChI=1S/C13H18N2O3/c1-17-13(16)15-8-2-3-12(9-15)18-11-6-4-10(14)5-7-11/h4-7,12H,2-3,8-9,14H2,1H3. The lowest BCUT2D eigenvalue weighted by Gasteiger charge is -2.31. The van der Waals surface area contributed by atoms with Gasteiger partial charge in [-0.2, -0.15) is 0 Å². The summed E-state index contributed by atoms with van der Waals surface area (Å²) in [7, 11) is 1.40. The molecule has 2 rings (SSSR count). The number of carbonyl (C=O) groups excluding carboxylic acids is 1. The van der Waals surface area contributed by atoms with Gasteiger partial charge in [0.1, 0.15) is 11.9 Å². The second-order valence-corrected chi connectivity index (χ2v) is 4.37. The molecule has 1 saturated heterocycles. The Morgan fingerprint density at radius 3 is 2.78 bits per heavy atom. The number of anilines is 1. The highest BCUT2D eigenvalue weighted by atomic mass is 16.5. The summed E-state index contributed by atoms with van der Waals surface area (Å²) in [5.74, 6) is 0.779. The fraction of sp³-hybridized carbons (Fsp3) is 0.462. The van der Waals surface area contributed by atoms with E-state index >= 15 is 0 Å². The van der Waals surface area contributed by atoms with E-state index < -0.39 is 0 Å². The average molecular weight is 250 g/mol. The molecule has 2 N–H and O–H groups in total. The number of nitrogens with two attached hydrogens (primary N) is 1. The van der Waals surface area contributed by atoms with Crippen molar-refractivity contribution in [2.24, 2.45) is 0 Å². The van der Waals surface area contributed by atoms with Crippen molar-refractivity contribution < 1.29 is 14.3 Å². The molecule has 98 valence electrons. The van der Waals surface area contributed by atoms with Crippen LogP contribution < -0.4 is 10.5 Å². The number of piperidine rings is 1. The summed E-state index contributed by atoms with van der Waals surface area (Å²) in [6.07, 6.45) is 1.59. The topological polar surface area (TPSA) is 64.8 Å². The first-order chi connectivity index (χ1) is 8.69. The van der Waals surface area contributed by atoms with Gasteiger partial charge < -0.3 is 20.1 Å². The van der Waals surface area contributed by atoms with Crippen LogP contribution in [0.3, 0.4) is 0 Å². The zero-order valence-corrected chi connectivity index (χ0v) is 10.5. The van der Waals surface area contributed by atoms with E-state index in [4.69, 9.17) is 15.2 Å². The van der Waals surface area contributed by atoms with Gasteiger partial charge in [-0.05, 0) is 37.1 Å². The maximum absolute atomic E-state index is 11.4. The molecule has 1 aliphatic rings. The molecule has 0 radical (unpaired) electrons. The molecule has 1 amide bonds. The van der Waals surface area contributed by atoms with E-state index in [2.05, 4.69) is 0 Å². The van der Waals surface area contributed by atoms with Gasteiger partial charge in [0, 0.05) is 12.2 Å². The molecule has 18 heavy (non-hydrogen) atoms. The highest BCUT2D eigenvalue weighted by molar-refractivity contribution is 5.67. The molecule has 1 fully saturated rings. The van der Waals surface area contributed by atoms with Crippen molar-refractivity contribution in [1.82, 2.24) is 4.90 Å². The van der Waals surface area contributed by atoms with Crippen LogP contribution in [0.2, 0.25) is 0 Å². The normalized spacial score (nSPS) is 19.4. The molecule has 1 aliphatic heterocycles. The van der Waals surface area contributed by atoms with Gasteiger partial charge in [-0.25, -0.2) is 4.79 Å². The molecule has 5 heteroatoms. The van der Waals surface area contributed by atoms with Crippen LogP contribution in [-0.2, 0) is 4.74 Å². The van der Waals surface area contributed by atoms with Gasteiger partial charge in [0.15, 0.2) is 0 Å². The van der Waals surface area contributed by atoms with Crippen LogP contribution in [0.25, 0.3) is 0 Å². The molecule has 1 aromatic rings. The Bertz CT molecular complexity index is 405. The predicted octanol–water partition coefficient (Wildman–Crippen LogP) is 1.88. The summed E-state index contributed by atoms with van der Waals surface area (Å²) in [5.41, 5.74) is 6.33. The Labute approximate surface area is 106 Å². The molecular weight excluding hydrogens is 232 g/mol. The average Bonchev–Trinajstić information content (AvgIpc) is 2.41. The van der Waals surface area contributed by atoms with Gasteiger partial charge in [0.05, 0.1) is 13.7 Å². The second kappa shape index (κ2) is 5.62. The van der Waals surface area contributed by atoms with Crippen LogP contribution >= 0.6 is 0 Å². The molecule has 0 saturated carbocycles. The first-order valence-electron chi connectivity index (χ1n) is 6.04. The maximum Gasteiger partial charge on any atom is 0.409 e. The number of nitrogens with zero attached hydrogens (tertiary/aromatic N) is 1. The van der Waals surface area contributed by atoms with Crippen LogP contribution in [0.15, 0.2) is 24.3 Å². The van der Waals surface area contributed by atoms with Gasteiger partial charge in [-0.1, -0.05) is 0 Å². The zero-order valence-electron chi connectivity index (χ0n) is 10.5. The van der Waals surface area contributed by atoms with E-state index in [9.17, 15) is 4.79 Å². The first kappa shape index (κ1) is 12.5. The third kappa shape index (κ3) is 3.06. The van der Waals surface area contributed by atoms with Crippen LogP contribution in [-0.4, -0.2) is 37.3 Å². The van der Waals surface area contributed by atoms with Crippen molar-refractivity contribution >= 4 is 11.8 Å². The van der Waals surface area contributed by atoms with Gasteiger partial charge >= 0.3 is 6.09 Å². The minimum absolute atomic E-state index is 0.0153. The highest BCUT2D eigenvalue weighted by Crippen LogP contribution is 2.19. The zero-order chi connectivity index (χ0) is 13.0. The molecule has 0 aliphatic carbocycles. The Morgan fingerprint density at radius 1 is 1.39 bits per heavy atom. The molecule has 0 spiro atoms. The summed E-state index contributed by atoms with van der Waals surface area (Å²) >= 11 is 0. The second-order valence-electron chi connectivity index (χ2n) is 4.37. The molecule has 5 nitrogen and oxygen atoms in total. The SMILES string of the molecule is COC(=O)N1CCCC(Oc2ccc(N)cc2)C1. The molecular formula is C13H18N2O3. The monoisotopic (exact) mass is 250 g/mol. The fourth-order valence-corrected chi connectivity index (χ4v) is 2.07. The number of hydrogen-bond acceptors (Lipinski definition) is 4. The quantitative estimate of drug-likeness (QED) is 0.814. The van der Waals surface area contributed by atoms with E-state index in [-0.39, 0.29) is 12.2 Å². The number of ether oxygens (including phenoxy) is 2. The largest absolute Gasteiger partial charge is 0.489 e. The van der Waals surface area contributed by atoms with E-state index in [0.29, 0.717) is 12.2 Å². The Hall–Kier alpha value is -1.91. The number of nitrogen functional groups attached to an aromatic ring is 1. The van der Waals surface area contributed by atoms with Crippen molar-refractivity contribution in [2.45, 2.75) is 18.9 Å². The molecule has 1 heterocycles. The van der Waals surface area contributed by atoms with Gasteiger partial charge in [0.25, 0.3) is 0 Å². The molecule has 0 bridgehead atoms. The maximum atomic E-state index is 11.4. The minimum atomic E-state index is -0.291. The van der Waals surface area contributed by atoms with E-state index in [1.54, 1.807) is 17.0 Å².